The van der Waals surface area contributed by atoms with Crippen molar-refractivity contribution in [1.29, 1.82) is 0 Å². The molecule has 0 atom stereocenters. The van der Waals surface area contributed by atoms with E-state index in [1.165, 1.54) is 6.26 Å². The quantitative estimate of drug-likeness (QED) is 0.674. The van der Waals surface area contributed by atoms with Gasteiger partial charge in [0, 0.05) is 29.9 Å². The molecule has 0 fully saturated rings. The molecule has 0 amide bonds. The summed E-state index contributed by atoms with van der Waals surface area (Å²) >= 11 is 0. The van der Waals surface area contributed by atoms with Gasteiger partial charge < -0.3 is 5.32 Å². The van der Waals surface area contributed by atoms with Gasteiger partial charge in [-0.15, -0.1) is 0 Å². The largest absolute Gasteiger partial charge is 0.340 e. The van der Waals surface area contributed by atoms with Crippen LogP contribution in [0, 0.1) is 0 Å². The highest BCUT2D eigenvalue weighted by atomic mass is 32.2. The predicted octanol–water partition coefficient (Wildman–Crippen LogP) is 3.43. The molecule has 2 aromatic heterocycles. The van der Waals surface area contributed by atoms with Crippen LogP contribution in [0.25, 0.3) is 11.5 Å². The average Bonchev–Trinajstić information content (AvgIpc) is 2.67. The van der Waals surface area contributed by atoms with Crippen LogP contribution in [0.5, 0.6) is 0 Å². The Hall–Kier alpha value is -2.80. The molecule has 0 saturated carbocycles. The van der Waals surface area contributed by atoms with Crippen molar-refractivity contribution in [2.75, 3.05) is 17.3 Å². The van der Waals surface area contributed by atoms with Crippen molar-refractivity contribution < 1.29 is 8.42 Å². The fourth-order valence-corrected chi connectivity index (χ4v) is 3.16. The van der Waals surface area contributed by atoms with Crippen molar-refractivity contribution in [3.05, 3.63) is 66.0 Å². The second kappa shape index (κ2) is 8.26. The van der Waals surface area contributed by atoms with Gasteiger partial charge in [0.25, 0.3) is 0 Å². The lowest BCUT2D eigenvalue weighted by Crippen LogP contribution is -2.05. The van der Waals surface area contributed by atoms with Crippen molar-refractivity contribution in [3.63, 3.8) is 0 Å². The Morgan fingerprint density at radius 2 is 1.81 bits per heavy atom. The maximum Gasteiger partial charge on any atom is 0.180 e. The minimum atomic E-state index is -2.96. The van der Waals surface area contributed by atoms with E-state index < -0.39 is 9.84 Å². The Balaban J connectivity index is 1.79. The summed E-state index contributed by atoms with van der Waals surface area (Å²) in [7, 11) is -2.96. The Bertz CT molecular complexity index is 1000. The second-order valence-electron chi connectivity index (χ2n) is 6.34. The summed E-state index contributed by atoms with van der Waals surface area (Å²) in [6.45, 7) is 2.05. The van der Waals surface area contributed by atoms with Gasteiger partial charge in [0.2, 0.25) is 0 Å². The number of sulfone groups is 1. The number of hydrogen-bond acceptors (Lipinski definition) is 6. The third-order valence-electron chi connectivity index (χ3n) is 4.02. The Labute approximate surface area is 159 Å². The van der Waals surface area contributed by atoms with Gasteiger partial charge in [-0.05, 0) is 42.7 Å². The second-order valence-corrected chi connectivity index (χ2v) is 8.60. The van der Waals surface area contributed by atoms with E-state index in [1.54, 1.807) is 6.20 Å². The summed E-state index contributed by atoms with van der Waals surface area (Å²) in [4.78, 5) is 13.5. The standard InChI is InChI=1S/C20H22N4O2S/c1-3-16-14-19(24-20(23-16)18-6-4-5-12-21-18)22-17-9-7-15(8-10-17)11-13-27(2,25)26/h4-10,12,14H,3,11,13H2,1-2H3,(H,22,23,24). The number of aromatic nitrogens is 3. The van der Waals surface area contributed by atoms with Gasteiger partial charge in [0.1, 0.15) is 21.3 Å². The van der Waals surface area contributed by atoms with E-state index in [2.05, 4.69) is 20.3 Å². The zero-order valence-electron chi connectivity index (χ0n) is 15.4. The van der Waals surface area contributed by atoms with E-state index in [0.717, 1.165) is 29.1 Å². The molecule has 140 valence electrons. The minimum Gasteiger partial charge on any atom is -0.340 e. The van der Waals surface area contributed by atoms with Crippen LogP contribution in [-0.2, 0) is 22.7 Å². The lowest BCUT2D eigenvalue weighted by atomic mass is 10.1. The number of nitrogens with zero attached hydrogens (tertiary/aromatic N) is 3. The molecule has 0 aliphatic rings. The van der Waals surface area contributed by atoms with Crippen molar-refractivity contribution in [3.8, 4) is 11.5 Å². The van der Waals surface area contributed by atoms with Crippen molar-refractivity contribution in [2.24, 2.45) is 0 Å². The Morgan fingerprint density at radius 1 is 1.04 bits per heavy atom. The normalized spacial score (nSPS) is 11.3. The smallest absolute Gasteiger partial charge is 0.180 e. The van der Waals surface area contributed by atoms with Crippen molar-refractivity contribution in [2.45, 2.75) is 19.8 Å². The molecule has 3 rings (SSSR count). The minimum absolute atomic E-state index is 0.152. The predicted molar refractivity (Wildman–Crippen MR) is 108 cm³/mol. The van der Waals surface area contributed by atoms with Gasteiger partial charge >= 0.3 is 0 Å². The van der Waals surface area contributed by atoms with Gasteiger partial charge in [-0.1, -0.05) is 25.1 Å². The Morgan fingerprint density at radius 3 is 2.44 bits per heavy atom. The van der Waals surface area contributed by atoms with Crippen LogP contribution in [-0.4, -0.2) is 35.4 Å². The van der Waals surface area contributed by atoms with E-state index >= 15 is 0 Å². The molecule has 0 aliphatic heterocycles. The molecule has 0 saturated heterocycles. The molecule has 1 N–H and O–H groups in total. The first-order valence-electron chi connectivity index (χ1n) is 8.76. The molecule has 2 heterocycles. The third-order valence-corrected chi connectivity index (χ3v) is 4.97. The summed E-state index contributed by atoms with van der Waals surface area (Å²) in [5.74, 6) is 1.44. The summed E-state index contributed by atoms with van der Waals surface area (Å²) in [5, 5.41) is 3.29. The molecule has 7 heteroatoms. The van der Waals surface area contributed by atoms with Crippen LogP contribution in [0.2, 0.25) is 0 Å². The highest BCUT2D eigenvalue weighted by molar-refractivity contribution is 7.90. The fourth-order valence-electron chi connectivity index (χ4n) is 2.56. The zero-order chi connectivity index (χ0) is 19.3. The molecule has 1 aromatic carbocycles. The molecule has 0 aliphatic carbocycles. The summed E-state index contributed by atoms with van der Waals surface area (Å²) in [6.07, 6.45) is 4.28. The van der Waals surface area contributed by atoms with Gasteiger partial charge in [0.15, 0.2) is 5.82 Å². The monoisotopic (exact) mass is 382 g/mol. The number of pyridine rings is 1. The van der Waals surface area contributed by atoms with Crippen LogP contribution in [0.15, 0.2) is 54.7 Å². The van der Waals surface area contributed by atoms with Gasteiger partial charge in [-0.25, -0.2) is 18.4 Å². The highest BCUT2D eigenvalue weighted by Crippen LogP contribution is 2.20. The maximum absolute atomic E-state index is 11.3. The van der Waals surface area contributed by atoms with E-state index in [9.17, 15) is 8.42 Å². The van der Waals surface area contributed by atoms with E-state index in [-0.39, 0.29) is 5.75 Å². The summed E-state index contributed by atoms with van der Waals surface area (Å²) < 4.78 is 22.6. The lowest BCUT2D eigenvalue weighted by molar-refractivity contribution is 0.601. The van der Waals surface area contributed by atoms with Crippen LogP contribution in [0.4, 0.5) is 11.5 Å². The molecule has 0 bridgehead atoms. The van der Waals surface area contributed by atoms with Crippen molar-refractivity contribution >= 4 is 21.3 Å². The van der Waals surface area contributed by atoms with Crippen molar-refractivity contribution in [1.82, 2.24) is 15.0 Å². The van der Waals surface area contributed by atoms with Crippen LogP contribution in [0.3, 0.4) is 0 Å². The molecule has 27 heavy (non-hydrogen) atoms. The molecular formula is C20H22N4O2S. The molecular weight excluding hydrogens is 360 g/mol. The van der Waals surface area contributed by atoms with E-state index in [0.29, 0.717) is 18.1 Å². The topological polar surface area (TPSA) is 84.8 Å². The first-order chi connectivity index (χ1) is 12.9. The molecule has 3 aromatic rings. The van der Waals surface area contributed by atoms with Gasteiger partial charge in [-0.3, -0.25) is 4.98 Å². The first-order valence-corrected chi connectivity index (χ1v) is 10.8. The number of benzene rings is 1. The zero-order valence-corrected chi connectivity index (χ0v) is 16.2. The number of hydrogen-bond donors (Lipinski definition) is 1. The third kappa shape index (κ3) is 5.59. The van der Waals surface area contributed by atoms with Crippen LogP contribution < -0.4 is 5.32 Å². The fraction of sp³-hybridized carbons (Fsp3) is 0.250. The average molecular weight is 382 g/mol. The maximum atomic E-state index is 11.3. The first kappa shape index (κ1) is 19.0. The number of nitrogens with one attached hydrogen (secondary N) is 1. The summed E-state index contributed by atoms with van der Waals surface area (Å²) in [5.41, 5.74) is 3.52. The highest BCUT2D eigenvalue weighted by Gasteiger charge is 2.08. The summed E-state index contributed by atoms with van der Waals surface area (Å²) in [6, 6.07) is 15.3. The van der Waals surface area contributed by atoms with Crippen LogP contribution in [0.1, 0.15) is 18.2 Å². The number of anilines is 2. The SMILES string of the molecule is CCc1cc(Nc2ccc(CCS(C)(=O)=O)cc2)nc(-c2ccccn2)n1. The van der Waals surface area contributed by atoms with Gasteiger partial charge in [-0.2, -0.15) is 0 Å². The van der Waals surface area contributed by atoms with E-state index in [1.807, 2.05) is 55.5 Å². The lowest BCUT2D eigenvalue weighted by Gasteiger charge is -2.10. The van der Waals surface area contributed by atoms with Gasteiger partial charge in [0.05, 0.1) is 5.75 Å². The van der Waals surface area contributed by atoms with E-state index in [4.69, 9.17) is 0 Å². The molecule has 0 unspecified atom stereocenters. The Kier molecular flexibility index (Phi) is 5.81. The molecule has 6 nitrogen and oxygen atoms in total. The van der Waals surface area contributed by atoms with Crippen LogP contribution >= 0.6 is 0 Å². The number of aryl methyl sites for hydroxylation is 2. The molecule has 0 radical (unpaired) electrons. The number of rotatable bonds is 7. The molecule has 0 spiro atoms.